The summed E-state index contributed by atoms with van der Waals surface area (Å²) < 4.78 is 5.25. The molecule has 0 fully saturated rings. The molecular formula is C13H21N5O. The molecule has 0 aliphatic rings. The lowest BCUT2D eigenvalue weighted by Crippen LogP contribution is -2.28. The number of hydrogen-bond acceptors (Lipinski definition) is 5. The normalized spacial score (nSPS) is 12.3. The third-order valence-corrected chi connectivity index (χ3v) is 2.53. The van der Waals surface area contributed by atoms with E-state index in [4.69, 9.17) is 4.52 Å². The monoisotopic (exact) mass is 263 g/mol. The number of aromatic nitrogens is 4. The minimum absolute atomic E-state index is 0.246. The van der Waals surface area contributed by atoms with Gasteiger partial charge in [0, 0.05) is 18.4 Å². The van der Waals surface area contributed by atoms with Gasteiger partial charge in [-0.1, -0.05) is 25.9 Å². The molecule has 2 aromatic heterocycles. The molecule has 104 valence electrons. The van der Waals surface area contributed by atoms with E-state index in [1.54, 1.807) is 6.20 Å². The number of aromatic amines is 1. The van der Waals surface area contributed by atoms with E-state index in [1.807, 2.05) is 14.0 Å². The summed E-state index contributed by atoms with van der Waals surface area (Å²) in [5.74, 6) is 1.76. The Morgan fingerprint density at radius 3 is 2.68 bits per heavy atom. The van der Waals surface area contributed by atoms with Gasteiger partial charge in [0.15, 0.2) is 5.82 Å². The number of nitrogens with one attached hydrogen (secondary N) is 1. The Balaban J connectivity index is 2.01. The van der Waals surface area contributed by atoms with Gasteiger partial charge in [-0.05, 0) is 19.4 Å². The lowest BCUT2D eigenvalue weighted by atomic mass is 9.96. The summed E-state index contributed by atoms with van der Waals surface area (Å²) in [5.41, 5.74) is 1.22. The second kappa shape index (κ2) is 5.13. The van der Waals surface area contributed by atoms with Gasteiger partial charge in [-0.2, -0.15) is 4.98 Å². The van der Waals surface area contributed by atoms with Gasteiger partial charge < -0.3 is 9.51 Å². The highest BCUT2D eigenvalue weighted by Gasteiger charge is 2.17. The van der Waals surface area contributed by atoms with E-state index in [0.29, 0.717) is 24.1 Å². The maximum absolute atomic E-state index is 5.25. The molecule has 0 radical (unpaired) electrons. The Morgan fingerprint density at radius 1 is 1.37 bits per heavy atom. The molecule has 19 heavy (non-hydrogen) atoms. The highest BCUT2D eigenvalue weighted by atomic mass is 16.5. The third kappa shape index (κ3) is 3.89. The molecule has 0 amide bonds. The number of rotatable bonds is 4. The molecule has 2 aromatic rings. The van der Waals surface area contributed by atoms with Crippen LogP contribution in [0.3, 0.4) is 0 Å². The number of H-pyrrole nitrogens is 1. The maximum Gasteiger partial charge on any atom is 0.241 e. The first-order valence-corrected chi connectivity index (χ1v) is 6.36. The average molecular weight is 263 g/mol. The molecule has 2 rings (SSSR count). The average Bonchev–Trinajstić information content (AvgIpc) is 2.83. The minimum Gasteiger partial charge on any atom is -0.339 e. The largest absolute Gasteiger partial charge is 0.339 e. The van der Waals surface area contributed by atoms with Gasteiger partial charge in [0.25, 0.3) is 0 Å². The molecule has 0 saturated heterocycles. The van der Waals surface area contributed by atoms with Crippen LogP contribution in [0.5, 0.6) is 0 Å². The van der Waals surface area contributed by atoms with E-state index in [2.05, 4.69) is 45.8 Å². The Morgan fingerprint density at radius 2 is 2.11 bits per heavy atom. The topological polar surface area (TPSA) is 70.8 Å². The highest BCUT2D eigenvalue weighted by Crippen LogP contribution is 2.16. The van der Waals surface area contributed by atoms with Crippen molar-refractivity contribution in [1.82, 2.24) is 25.0 Å². The SMILES string of the molecule is Cc1cnc(-c2noc(CN(C)CC(C)(C)C)n2)[nH]1. The first-order valence-electron chi connectivity index (χ1n) is 6.36. The molecule has 0 spiro atoms. The van der Waals surface area contributed by atoms with Crippen molar-refractivity contribution in [3.8, 4) is 11.6 Å². The molecule has 1 N–H and O–H groups in total. The molecule has 0 unspecified atom stereocenters. The van der Waals surface area contributed by atoms with Gasteiger partial charge in [-0.3, -0.25) is 4.90 Å². The first-order chi connectivity index (χ1) is 8.83. The summed E-state index contributed by atoms with van der Waals surface area (Å²) in [7, 11) is 2.05. The standard InChI is InChI=1S/C13H21N5O/c1-9-6-14-11(15-9)12-16-10(19-17-12)7-18(5)8-13(2,3)4/h6H,7-8H2,1-5H3,(H,14,15). The Bertz CT molecular complexity index is 537. The lowest BCUT2D eigenvalue weighted by molar-refractivity contribution is 0.198. The molecule has 0 atom stereocenters. The molecule has 0 aromatic carbocycles. The van der Waals surface area contributed by atoms with Gasteiger partial charge in [0.2, 0.25) is 11.7 Å². The highest BCUT2D eigenvalue weighted by molar-refractivity contribution is 5.41. The third-order valence-electron chi connectivity index (χ3n) is 2.53. The van der Waals surface area contributed by atoms with Crippen molar-refractivity contribution < 1.29 is 4.52 Å². The molecule has 0 bridgehead atoms. The quantitative estimate of drug-likeness (QED) is 0.916. The van der Waals surface area contributed by atoms with Crippen molar-refractivity contribution in [2.75, 3.05) is 13.6 Å². The number of imidazole rings is 1. The van der Waals surface area contributed by atoms with Crippen LogP contribution in [0.25, 0.3) is 11.6 Å². The van der Waals surface area contributed by atoms with Crippen LogP contribution in [-0.4, -0.2) is 38.6 Å². The summed E-state index contributed by atoms with van der Waals surface area (Å²) in [6.07, 6.45) is 1.75. The van der Waals surface area contributed by atoms with Crippen molar-refractivity contribution in [2.24, 2.45) is 5.41 Å². The summed E-state index contributed by atoms with van der Waals surface area (Å²) in [4.78, 5) is 13.8. The van der Waals surface area contributed by atoms with Crippen LogP contribution in [0, 0.1) is 12.3 Å². The second-order valence-corrected chi connectivity index (χ2v) is 6.16. The smallest absolute Gasteiger partial charge is 0.241 e. The summed E-state index contributed by atoms with van der Waals surface area (Å²) in [6, 6.07) is 0. The fraction of sp³-hybridized carbons (Fsp3) is 0.615. The first kappa shape index (κ1) is 13.7. The second-order valence-electron chi connectivity index (χ2n) is 6.16. The van der Waals surface area contributed by atoms with Crippen LogP contribution in [0.2, 0.25) is 0 Å². The molecular weight excluding hydrogens is 242 g/mol. The van der Waals surface area contributed by atoms with Gasteiger partial charge in [-0.25, -0.2) is 4.98 Å². The van der Waals surface area contributed by atoms with Crippen molar-refractivity contribution in [3.05, 3.63) is 17.8 Å². The molecule has 0 saturated carbocycles. The lowest BCUT2D eigenvalue weighted by Gasteiger charge is -2.25. The fourth-order valence-corrected chi connectivity index (χ4v) is 2.04. The predicted molar refractivity (Wildman–Crippen MR) is 72.4 cm³/mol. The van der Waals surface area contributed by atoms with Gasteiger partial charge in [-0.15, -0.1) is 0 Å². The van der Waals surface area contributed by atoms with Crippen molar-refractivity contribution >= 4 is 0 Å². The van der Waals surface area contributed by atoms with E-state index < -0.39 is 0 Å². The summed E-state index contributed by atoms with van der Waals surface area (Å²) in [5, 5.41) is 3.94. The van der Waals surface area contributed by atoms with Gasteiger partial charge >= 0.3 is 0 Å². The Labute approximate surface area is 113 Å². The van der Waals surface area contributed by atoms with Crippen molar-refractivity contribution in [1.29, 1.82) is 0 Å². The molecule has 2 heterocycles. The van der Waals surface area contributed by atoms with Crippen molar-refractivity contribution in [2.45, 2.75) is 34.2 Å². The number of hydrogen-bond donors (Lipinski definition) is 1. The molecule has 0 aliphatic heterocycles. The molecule has 0 aliphatic carbocycles. The summed E-state index contributed by atoms with van der Waals surface area (Å²) >= 11 is 0. The number of nitrogens with zero attached hydrogens (tertiary/aromatic N) is 4. The van der Waals surface area contributed by atoms with Crippen LogP contribution >= 0.6 is 0 Å². The van der Waals surface area contributed by atoms with Crippen LogP contribution < -0.4 is 0 Å². The van der Waals surface area contributed by atoms with Gasteiger partial charge in [0.1, 0.15) is 0 Å². The van der Waals surface area contributed by atoms with Gasteiger partial charge in [0.05, 0.1) is 6.54 Å². The van der Waals surface area contributed by atoms with Crippen LogP contribution in [0.1, 0.15) is 32.4 Å². The van der Waals surface area contributed by atoms with E-state index in [-0.39, 0.29) is 5.41 Å². The van der Waals surface area contributed by atoms with E-state index in [1.165, 1.54) is 0 Å². The minimum atomic E-state index is 0.246. The van der Waals surface area contributed by atoms with Crippen LogP contribution in [-0.2, 0) is 6.54 Å². The van der Waals surface area contributed by atoms with E-state index in [9.17, 15) is 0 Å². The fourth-order valence-electron chi connectivity index (χ4n) is 2.04. The zero-order chi connectivity index (χ0) is 14.0. The van der Waals surface area contributed by atoms with E-state index >= 15 is 0 Å². The zero-order valence-electron chi connectivity index (χ0n) is 12.2. The Hall–Kier alpha value is -1.69. The maximum atomic E-state index is 5.25. The van der Waals surface area contributed by atoms with E-state index in [0.717, 1.165) is 12.2 Å². The number of aryl methyl sites for hydroxylation is 1. The zero-order valence-corrected chi connectivity index (χ0v) is 12.2. The predicted octanol–water partition coefficient (Wildman–Crippen LogP) is 2.25. The molecule has 6 heteroatoms. The summed E-state index contributed by atoms with van der Waals surface area (Å²) in [6.45, 7) is 10.2. The Kier molecular flexibility index (Phi) is 3.71. The van der Waals surface area contributed by atoms with Crippen LogP contribution in [0.4, 0.5) is 0 Å². The van der Waals surface area contributed by atoms with Crippen LogP contribution in [0.15, 0.2) is 10.7 Å². The van der Waals surface area contributed by atoms with Crippen molar-refractivity contribution in [3.63, 3.8) is 0 Å². The molecule has 6 nitrogen and oxygen atoms in total.